The highest BCUT2D eigenvalue weighted by molar-refractivity contribution is 5.18. The number of nitrogens with one attached hydrogen (secondary N) is 1. The lowest BCUT2D eigenvalue weighted by molar-refractivity contribution is 0.601. The first-order chi connectivity index (χ1) is 8.77. The van der Waals surface area contributed by atoms with Gasteiger partial charge in [-0.2, -0.15) is 0 Å². The van der Waals surface area contributed by atoms with Crippen molar-refractivity contribution >= 4 is 0 Å². The molecule has 1 unspecified atom stereocenters. The molecule has 0 aliphatic heterocycles. The van der Waals surface area contributed by atoms with E-state index in [-0.39, 0.29) is 0 Å². The van der Waals surface area contributed by atoms with Gasteiger partial charge in [-0.3, -0.25) is 0 Å². The number of aryl methyl sites for hydroxylation is 1. The van der Waals surface area contributed by atoms with Crippen LogP contribution in [0.3, 0.4) is 0 Å². The molecule has 1 atom stereocenters. The smallest absolute Gasteiger partial charge is 0.109 e. The number of hydrogen-bond acceptors (Lipinski definition) is 2. The lowest BCUT2D eigenvalue weighted by Crippen LogP contribution is -2.23. The predicted molar refractivity (Wildman–Crippen MR) is 74.6 cm³/mol. The number of imidazole rings is 1. The van der Waals surface area contributed by atoms with E-state index in [9.17, 15) is 0 Å². The van der Waals surface area contributed by atoms with Gasteiger partial charge in [-0.05, 0) is 11.5 Å². The maximum atomic E-state index is 4.31. The normalized spacial score (nSPS) is 12.6. The zero-order valence-corrected chi connectivity index (χ0v) is 11.1. The summed E-state index contributed by atoms with van der Waals surface area (Å²) in [5, 5.41) is 3.50. The van der Waals surface area contributed by atoms with E-state index in [0.717, 1.165) is 25.3 Å². The molecule has 2 aromatic rings. The summed E-state index contributed by atoms with van der Waals surface area (Å²) in [4.78, 5) is 4.31. The summed E-state index contributed by atoms with van der Waals surface area (Å²) in [6.45, 7) is 4.24. The van der Waals surface area contributed by atoms with Crippen LogP contribution in [0.25, 0.3) is 0 Å². The van der Waals surface area contributed by atoms with E-state index in [1.54, 1.807) is 0 Å². The lowest BCUT2D eigenvalue weighted by atomic mass is 10.0. The van der Waals surface area contributed by atoms with Crippen LogP contribution in [-0.2, 0) is 13.5 Å². The molecule has 0 saturated heterocycles. The molecular weight excluding hydrogens is 222 g/mol. The number of hydrogen-bond donors (Lipinski definition) is 1. The number of nitrogens with zero attached hydrogens (tertiary/aromatic N) is 2. The van der Waals surface area contributed by atoms with Crippen LogP contribution in [0.4, 0.5) is 0 Å². The fourth-order valence-electron chi connectivity index (χ4n) is 2.06. The van der Waals surface area contributed by atoms with Crippen LogP contribution >= 0.6 is 0 Å². The summed E-state index contributed by atoms with van der Waals surface area (Å²) in [7, 11) is 2.04. The van der Waals surface area contributed by atoms with Gasteiger partial charge in [-0.15, -0.1) is 0 Å². The van der Waals surface area contributed by atoms with Crippen molar-refractivity contribution in [2.75, 3.05) is 13.1 Å². The molecule has 0 aliphatic rings. The standard InChI is InChI=1S/C15H21N3/c1-13(14-6-4-3-5-7-14)12-16-9-8-15-17-10-11-18(15)2/h3-7,10-11,13,16H,8-9,12H2,1-2H3. The highest BCUT2D eigenvalue weighted by Crippen LogP contribution is 2.12. The summed E-state index contributed by atoms with van der Waals surface area (Å²) in [6, 6.07) is 10.6. The molecule has 0 bridgehead atoms. The largest absolute Gasteiger partial charge is 0.338 e. The van der Waals surface area contributed by atoms with Crippen molar-refractivity contribution in [2.24, 2.45) is 7.05 Å². The lowest BCUT2D eigenvalue weighted by Gasteiger charge is -2.12. The summed E-state index contributed by atoms with van der Waals surface area (Å²) in [5.74, 6) is 1.68. The minimum Gasteiger partial charge on any atom is -0.338 e. The molecule has 0 radical (unpaired) electrons. The Morgan fingerprint density at radius 2 is 2.06 bits per heavy atom. The topological polar surface area (TPSA) is 29.9 Å². The third-order valence-corrected chi connectivity index (χ3v) is 3.27. The minimum atomic E-state index is 0.549. The zero-order valence-electron chi connectivity index (χ0n) is 11.1. The van der Waals surface area contributed by atoms with Gasteiger partial charge in [-0.1, -0.05) is 37.3 Å². The highest BCUT2D eigenvalue weighted by atomic mass is 15.0. The van der Waals surface area contributed by atoms with Crippen molar-refractivity contribution in [3.8, 4) is 0 Å². The molecule has 3 nitrogen and oxygen atoms in total. The first-order valence-corrected chi connectivity index (χ1v) is 6.49. The van der Waals surface area contributed by atoms with Gasteiger partial charge >= 0.3 is 0 Å². The molecule has 1 aromatic heterocycles. The van der Waals surface area contributed by atoms with E-state index >= 15 is 0 Å². The molecule has 3 heteroatoms. The Hall–Kier alpha value is -1.61. The van der Waals surface area contributed by atoms with Crippen LogP contribution < -0.4 is 5.32 Å². The fourth-order valence-corrected chi connectivity index (χ4v) is 2.06. The number of benzene rings is 1. The molecule has 2 rings (SSSR count). The van der Waals surface area contributed by atoms with Gasteiger partial charge in [0.1, 0.15) is 5.82 Å². The Bertz CT molecular complexity index is 462. The van der Waals surface area contributed by atoms with Gasteiger partial charge in [0.2, 0.25) is 0 Å². The van der Waals surface area contributed by atoms with Crippen molar-refractivity contribution in [3.05, 3.63) is 54.1 Å². The summed E-state index contributed by atoms with van der Waals surface area (Å²) >= 11 is 0. The molecule has 1 aromatic carbocycles. The Morgan fingerprint density at radius 1 is 1.28 bits per heavy atom. The quantitative estimate of drug-likeness (QED) is 0.789. The SMILES string of the molecule is CC(CNCCc1nccn1C)c1ccccc1. The van der Waals surface area contributed by atoms with Crippen molar-refractivity contribution in [1.29, 1.82) is 0 Å². The van der Waals surface area contributed by atoms with Gasteiger partial charge in [-0.25, -0.2) is 4.98 Å². The van der Waals surface area contributed by atoms with Gasteiger partial charge < -0.3 is 9.88 Å². The monoisotopic (exact) mass is 243 g/mol. The van der Waals surface area contributed by atoms with Crippen molar-refractivity contribution in [1.82, 2.24) is 14.9 Å². The first kappa shape index (κ1) is 12.8. The van der Waals surface area contributed by atoms with E-state index < -0.39 is 0 Å². The molecule has 0 saturated carbocycles. The van der Waals surface area contributed by atoms with Gasteiger partial charge in [0, 0.05) is 39.0 Å². The summed E-state index contributed by atoms with van der Waals surface area (Å²) in [6.07, 6.45) is 4.81. The second kappa shape index (κ2) is 6.36. The van der Waals surface area contributed by atoms with E-state index in [1.165, 1.54) is 5.56 Å². The molecule has 0 fully saturated rings. The second-order valence-electron chi connectivity index (χ2n) is 4.72. The first-order valence-electron chi connectivity index (χ1n) is 6.49. The number of rotatable bonds is 6. The number of aromatic nitrogens is 2. The van der Waals surface area contributed by atoms with E-state index in [1.807, 2.05) is 19.4 Å². The van der Waals surface area contributed by atoms with Gasteiger partial charge in [0.05, 0.1) is 0 Å². The van der Waals surface area contributed by atoms with Crippen LogP contribution in [0.2, 0.25) is 0 Å². The molecule has 0 amide bonds. The van der Waals surface area contributed by atoms with Crippen LogP contribution in [0.5, 0.6) is 0 Å². The maximum absolute atomic E-state index is 4.31. The molecule has 1 N–H and O–H groups in total. The molecule has 18 heavy (non-hydrogen) atoms. The van der Waals surface area contributed by atoms with Crippen LogP contribution in [0.1, 0.15) is 24.2 Å². The third-order valence-electron chi connectivity index (χ3n) is 3.27. The van der Waals surface area contributed by atoms with Crippen LogP contribution in [0, 0.1) is 0 Å². The van der Waals surface area contributed by atoms with Gasteiger partial charge in [0.25, 0.3) is 0 Å². The second-order valence-corrected chi connectivity index (χ2v) is 4.72. The average Bonchev–Trinajstić information content (AvgIpc) is 2.81. The third kappa shape index (κ3) is 3.44. The van der Waals surface area contributed by atoms with Crippen LogP contribution in [-0.4, -0.2) is 22.6 Å². The molecule has 1 heterocycles. The average molecular weight is 243 g/mol. The molecular formula is C15H21N3. The summed E-state index contributed by atoms with van der Waals surface area (Å²) < 4.78 is 2.07. The Morgan fingerprint density at radius 3 is 2.72 bits per heavy atom. The van der Waals surface area contributed by atoms with Crippen molar-refractivity contribution < 1.29 is 0 Å². The van der Waals surface area contributed by atoms with E-state index in [4.69, 9.17) is 0 Å². The Balaban J connectivity index is 1.71. The van der Waals surface area contributed by atoms with E-state index in [0.29, 0.717) is 5.92 Å². The maximum Gasteiger partial charge on any atom is 0.109 e. The molecule has 0 aliphatic carbocycles. The van der Waals surface area contributed by atoms with Crippen molar-refractivity contribution in [3.63, 3.8) is 0 Å². The molecule has 96 valence electrons. The Labute approximate surface area is 109 Å². The summed E-state index contributed by atoms with van der Waals surface area (Å²) in [5.41, 5.74) is 1.39. The fraction of sp³-hybridized carbons (Fsp3) is 0.400. The zero-order chi connectivity index (χ0) is 12.8. The van der Waals surface area contributed by atoms with E-state index in [2.05, 4.69) is 52.1 Å². The Kier molecular flexibility index (Phi) is 4.53. The molecule has 0 spiro atoms. The van der Waals surface area contributed by atoms with Gasteiger partial charge in [0.15, 0.2) is 0 Å². The minimum absolute atomic E-state index is 0.549. The predicted octanol–water partition coefficient (Wildman–Crippen LogP) is 2.36. The van der Waals surface area contributed by atoms with Crippen molar-refractivity contribution in [2.45, 2.75) is 19.3 Å². The highest BCUT2D eigenvalue weighted by Gasteiger charge is 2.04. The van der Waals surface area contributed by atoms with Crippen LogP contribution in [0.15, 0.2) is 42.7 Å².